The minimum absolute atomic E-state index is 0.0535. The zero-order valence-electron chi connectivity index (χ0n) is 25.2. The maximum atomic E-state index is 13.9. The van der Waals surface area contributed by atoms with Crippen molar-refractivity contribution in [3.05, 3.63) is 53.1 Å². The fourth-order valence-electron chi connectivity index (χ4n) is 5.26. The second-order valence-corrected chi connectivity index (χ2v) is 13.4. The van der Waals surface area contributed by atoms with Crippen molar-refractivity contribution in [2.45, 2.75) is 65.1 Å². The Hall–Kier alpha value is -2.43. The number of ketones is 1. The Kier molecular flexibility index (Phi) is 12.0. The van der Waals surface area contributed by atoms with E-state index in [9.17, 15) is 4.79 Å². The molecular weight excluding hydrogens is 528 g/mol. The number of rotatable bonds is 15. The number of ether oxygens (including phenoxy) is 6. The highest BCUT2D eigenvalue weighted by Gasteiger charge is 2.39. The van der Waals surface area contributed by atoms with E-state index in [0.717, 1.165) is 30.4 Å². The third-order valence-corrected chi connectivity index (χ3v) is 7.65. The standard InChI is InChI=1S/C31H45O8Si/c1-31(2,3)30(39-40(7)8)27-17-23(37-19-34-5)16-26(29(27)38-20-35-6)24-10-9-11-25(24)28(32)21-12-14-22(15-13-21)36-18-33-4/h12-17,24-25,30H,9-11,18-20H2,1-8H3. The predicted octanol–water partition coefficient (Wildman–Crippen LogP) is 6.76. The van der Waals surface area contributed by atoms with Gasteiger partial charge >= 0.3 is 0 Å². The van der Waals surface area contributed by atoms with E-state index >= 15 is 0 Å². The highest BCUT2D eigenvalue weighted by molar-refractivity contribution is 6.48. The summed E-state index contributed by atoms with van der Waals surface area (Å²) in [6, 6.07) is 11.2. The average Bonchev–Trinajstić information content (AvgIpc) is 3.41. The maximum absolute atomic E-state index is 13.9. The van der Waals surface area contributed by atoms with Crippen LogP contribution >= 0.6 is 0 Å². The Morgan fingerprint density at radius 3 is 2.05 bits per heavy atom. The van der Waals surface area contributed by atoms with Crippen LogP contribution in [0.3, 0.4) is 0 Å². The van der Waals surface area contributed by atoms with Gasteiger partial charge in [-0.25, -0.2) is 0 Å². The predicted molar refractivity (Wildman–Crippen MR) is 156 cm³/mol. The molecule has 1 aliphatic carbocycles. The fraction of sp³-hybridized carbons (Fsp3) is 0.581. The van der Waals surface area contributed by atoms with Crippen molar-refractivity contribution in [2.24, 2.45) is 11.3 Å². The van der Waals surface area contributed by atoms with Crippen LogP contribution in [0, 0.1) is 11.3 Å². The van der Waals surface area contributed by atoms with Gasteiger partial charge in [0.15, 0.2) is 26.2 Å². The lowest BCUT2D eigenvalue weighted by molar-refractivity contribution is 0.0390. The summed E-state index contributed by atoms with van der Waals surface area (Å²) in [6.07, 6.45) is 2.35. The molecule has 0 N–H and O–H groups in total. The molecule has 1 fully saturated rings. The summed E-state index contributed by atoms with van der Waals surface area (Å²) >= 11 is 0. The van der Waals surface area contributed by atoms with Gasteiger partial charge in [0.25, 0.3) is 0 Å². The van der Waals surface area contributed by atoms with Gasteiger partial charge in [0, 0.05) is 43.9 Å². The molecule has 0 bridgehead atoms. The molecule has 0 heterocycles. The third-order valence-electron chi connectivity index (χ3n) is 6.94. The van der Waals surface area contributed by atoms with Crippen LogP contribution in [0.1, 0.15) is 73.5 Å². The highest BCUT2D eigenvalue weighted by Crippen LogP contribution is 2.50. The number of hydrogen-bond donors (Lipinski definition) is 0. The maximum Gasteiger partial charge on any atom is 0.205 e. The molecule has 3 rings (SSSR count). The number of methoxy groups -OCH3 is 3. The number of carbonyl (C=O) groups excluding carboxylic acids is 1. The summed E-state index contributed by atoms with van der Waals surface area (Å²) in [5, 5.41) is 0. The fourth-order valence-corrected chi connectivity index (χ4v) is 6.21. The van der Waals surface area contributed by atoms with Crippen LogP contribution in [0.4, 0.5) is 0 Å². The van der Waals surface area contributed by atoms with Crippen molar-refractivity contribution in [3.8, 4) is 17.2 Å². The quantitative estimate of drug-likeness (QED) is 0.131. The molecule has 8 nitrogen and oxygen atoms in total. The zero-order chi connectivity index (χ0) is 29.3. The van der Waals surface area contributed by atoms with Gasteiger partial charge in [-0.3, -0.25) is 4.79 Å². The second-order valence-electron chi connectivity index (χ2n) is 11.4. The molecule has 0 spiro atoms. The van der Waals surface area contributed by atoms with Gasteiger partial charge < -0.3 is 32.8 Å². The summed E-state index contributed by atoms with van der Waals surface area (Å²) in [5.74, 6) is 1.88. The summed E-state index contributed by atoms with van der Waals surface area (Å²) in [6.45, 7) is 11.1. The van der Waals surface area contributed by atoms with Crippen LogP contribution in [0.2, 0.25) is 13.1 Å². The molecule has 40 heavy (non-hydrogen) atoms. The second kappa shape index (κ2) is 15.0. The van der Waals surface area contributed by atoms with Crippen LogP contribution < -0.4 is 14.2 Å². The molecule has 1 radical (unpaired) electrons. The molecule has 221 valence electrons. The Balaban J connectivity index is 2.09. The molecule has 0 aliphatic heterocycles. The van der Waals surface area contributed by atoms with E-state index < -0.39 is 9.04 Å². The van der Waals surface area contributed by atoms with Gasteiger partial charge in [-0.1, -0.05) is 27.2 Å². The molecule has 1 aliphatic rings. The lowest BCUT2D eigenvalue weighted by Gasteiger charge is -2.35. The minimum Gasteiger partial charge on any atom is -0.468 e. The van der Waals surface area contributed by atoms with E-state index in [-0.39, 0.29) is 49.5 Å². The number of Topliss-reactive ketones (excluding diaryl/α,β-unsaturated/α-hetero) is 1. The molecule has 1 saturated carbocycles. The van der Waals surface area contributed by atoms with Gasteiger partial charge in [-0.15, -0.1) is 0 Å². The lowest BCUT2D eigenvalue weighted by atomic mass is 9.79. The number of benzene rings is 2. The Bertz CT molecular complexity index is 1080. The normalized spacial score (nSPS) is 18.1. The van der Waals surface area contributed by atoms with Crippen LogP contribution in [0.5, 0.6) is 17.2 Å². The molecule has 0 amide bonds. The first-order valence-electron chi connectivity index (χ1n) is 13.7. The van der Waals surface area contributed by atoms with Crippen LogP contribution in [0.15, 0.2) is 36.4 Å². The van der Waals surface area contributed by atoms with Crippen molar-refractivity contribution < 1.29 is 37.6 Å². The summed E-state index contributed by atoms with van der Waals surface area (Å²) in [5.41, 5.74) is 2.28. The van der Waals surface area contributed by atoms with Gasteiger partial charge in [0.1, 0.15) is 17.2 Å². The van der Waals surface area contributed by atoms with Gasteiger partial charge in [-0.2, -0.15) is 0 Å². The van der Waals surface area contributed by atoms with Gasteiger partial charge in [0.05, 0.1) is 6.10 Å². The minimum atomic E-state index is -1.05. The largest absolute Gasteiger partial charge is 0.468 e. The van der Waals surface area contributed by atoms with Crippen molar-refractivity contribution in [1.29, 1.82) is 0 Å². The topological polar surface area (TPSA) is 81.7 Å². The molecule has 3 unspecified atom stereocenters. The van der Waals surface area contributed by atoms with E-state index in [1.165, 1.54) is 0 Å². The molecule has 2 aromatic carbocycles. The molecular formula is C31H45O8Si. The van der Waals surface area contributed by atoms with Gasteiger partial charge in [0.2, 0.25) is 9.04 Å². The summed E-state index contributed by atoms with van der Waals surface area (Å²) < 4.78 is 39.9. The number of hydrogen-bond acceptors (Lipinski definition) is 8. The molecule has 2 aromatic rings. The van der Waals surface area contributed by atoms with E-state index in [2.05, 4.69) is 33.9 Å². The molecule has 9 heteroatoms. The Morgan fingerprint density at radius 2 is 1.48 bits per heavy atom. The Labute approximate surface area is 240 Å². The summed E-state index contributed by atoms with van der Waals surface area (Å²) in [7, 11) is 3.72. The van der Waals surface area contributed by atoms with E-state index in [1.807, 2.05) is 24.3 Å². The van der Waals surface area contributed by atoms with Crippen molar-refractivity contribution in [2.75, 3.05) is 41.7 Å². The van der Waals surface area contributed by atoms with E-state index in [4.69, 9.17) is 32.8 Å². The van der Waals surface area contributed by atoms with E-state index in [1.54, 1.807) is 33.5 Å². The first kappa shape index (κ1) is 32.1. The van der Waals surface area contributed by atoms with E-state index in [0.29, 0.717) is 22.8 Å². The first-order chi connectivity index (χ1) is 19.1. The Morgan fingerprint density at radius 1 is 0.875 bits per heavy atom. The SMILES string of the molecule is COCOc1ccc(C(=O)C2CCCC2c2cc(OCOC)cc(C(O[Si](C)C)C(C)(C)C)c2OCOC)cc1. The average molecular weight is 574 g/mol. The van der Waals surface area contributed by atoms with Crippen molar-refractivity contribution in [1.82, 2.24) is 0 Å². The summed E-state index contributed by atoms with van der Waals surface area (Å²) in [4.78, 5) is 13.9. The smallest absolute Gasteiger partial charge is 0.205 e. The van der Waals surface area contributed by atoms with Crippen LogP contribution in [-0.2, 0) is 18.6 Å². The molecule has 0 saturated heterocycles. The molecule has 0 aromatic heterocycles. The lowest BCUT2D eigenvalue weighted by Crippen LogP contribution is -2.27. The third kappa shape index (κ3) is 8.30. The van der Waals surface area contributed by atoms with Gasteiger partial charge in [-0.05, 0) is 73.7 Å². The van der Waals surface area contributed by atoms with Crippen LogP contribution in [0.25, 0.3) is 0 Å². The van der Waals surface area contributed by atoms with Crippen molar-refractivity contribution >= 4 is 14.8 Å². The zero-order valence-corrected chi connectivity index (χ0v) is 26.2. The number of carbonyl (C=O) groups is 1. The van der Waals surface area contributed by atoms with Crippen LogP contribution in [-0.4, -0.2) is 56.5 Å². The highest BCUT2D eigenvalue weighted by atomic mass is 28.3. The van der Waals surface area contributed by atoms with Crippen molar-refractivity contribution in [3.63, 3.8) is 0 Å². The first-order valence-corrected chi connectivity index (χ1v) is 16.2. The monoisotopic (exact) mass is 573 g/mol. The molecule has 3 atom stereocenters.